The highest BCUT2D eigenvalue weighted by Crippen LogP contribution is 2.35. The smallest absolute Gasteiger partial charge is 0.325 e. The number of nitrogens with two attached hydrogens (primary N) is 1. The summed E-state index contributed by atoms with van der Waals surface area (Å²) < 4.78 is 32.4. The molecule has 4 aromatic carbocycles. The molecule has 1 fully saturated rings. The molecule has 1 aliphatic rings. The summed E-state index contributed by atoms with van der Waals surface area (Å²) in [5.74, 6) is -2.68. The maximum atomic E-state index is 15.2. The number of halogens is 3. The molecule has 0 saturated carbocycles. The molecule has 53 heavy (non-hydrogen) atoms. The third-order valence-corrected chi connectivity index (χ3v) is 11.7. The van der Waals surface area contributed by atoms with E-state index in [1.807, 2.05) is 37.3 Å². The van der Waals surface area contributed by atoms with Crippen LogP contribution in [0.2, 0.25) is 10.0 Å². The van der Waals surface area contributed by atoms with Gasteiger partial charge in [-0.2, -0.15) is 5.26 Å². The number of carbonyl (C=O) groups is 3. The lowest BCUT2D eigenvalue weighted by Crippen LogP contribution is -2.41. The molecule has 2 unspecified atom stereocenters. The molecule has 0 bridgehead atoms. The number of hydrogen-bond donors (Lipinski definition) is 1. The Morgan fingerprint density at radius 3 is 2.43 bits per heavy atom. The second-order valence-electron chi connectivity index (χ2n) is 13.2. The summed E-state index contributed by atoms with van der Waals surface area (Å²) in [6.07, 6.45) is 3.63. The van der Waals surface area contributed by atoms with E-state index in [9.17, 15) is 23.9 Å². The van der Waals surface area contributed by atoms with Gasteiger partial charge in [-0.3, -0.25) is 18.6 Å². The largest absolute Gasteiger partial charge is 0.468 e. The van der Waals surface area contributed by atoms with Crippen molar-refractivity contribution in [3.8, 4) is 6.07 Å². The van der Waals surface area contributed by atoms with Gasteiger partial charge in [0.25, 0.3) is 5.91 Å². The summed E-state index contributed by atoms with van der Waals surface area (Å²) in [6.45, 7) is 3.63. The van der Waals surface area contributed by atoms with Crippen molar-refractivity contribution >= 4 is 62.6 Å². The van der Waals surface area contributed by atoms with Gasteiger partial charge in [0.15, 0.2) is 0 Å². The van der Waals surface area contributed by atoms with E-state index < -0.39 is 28.5 Å². The Hall–Kier alpha value is -4.34. The summed E-state index contributed by atoms with van der Waals surface area (Å²) >= 11 is 12.8. The highest BCUT2D eigenvalue weighted by atomic mass is 35.5. The average molecular weight is 780 g/mol. The number of hydrogen-bond acceptors (Lipinski definition) is 7. The Morgan fingerprint density at radius 1 is 1.09 bits per heavy atom. The predicted molar refractivity (Wildman–Crippen MR) is 205 cm³/mol. The van der Waals surface area contributed by atoms with E-state index >= 15 is 4.39 Å². The van der Waals surface area contributed by atoms with Gasteiger partial charge in [-0.1, -0.05) is 60.5 Å². The fourth-order valence-electron chi connectivity index (χ4n) is 7.22. The van der Waals surface area contributed by atoms with Gasteiger partial charge in [0, 0.05) is 18.7 Å². The number of benzene rings is 4. The van der Waals surface area contributed by atoms with Crippen molar-refractivity contribution in [2.75, 3.05) is 46.1 Å². The third-order valence-electron chi connectivity index (χ3n) is 10.0. The maximum absolute atomic E-state index is 15.2. The van der Waals surface area contributed by atoms with Gasteiger partial charge in [-0.15, -0.1) is 0 Å². The molecule has 2 amide bonds. The quantitative estimate of drug-likeness (QED) is 0.142. The van der Waals surface area contributed by atoms with Gasteiger partial charge in [-0.25, -0.2) is 4.39 Å². The lowest BCUT2D eigenvalue weighted by molar-refractivity contribution is -0.141. The van der Waals surface area contributed by atoms with E-state index in [2.05, 4.69) is 11.0 Å². The Bertz CT molecular complexity index is 2120. The molecule has 2 N–H and O–H groups in total. The van der Waals surface area contributed by atoms with Crippen molar-refractivity contribution in [2.45, 2.75) is 49.3 Å². The molecule has 1 heterocycles. The van der Waals surface area contributed by atoms with Crippen LogP contribution in [0.1, 0.15) is 81.0 Å². The van der Waals surface area contributed by atoms with Gasteiger partial charge in [0.1, 0.15) is 12.4 Å². The second kappa shape index (κ2) is 17.7. The Labute approximate surface area is 321 Å². The molecule has 13 heteroatoms. The van der Waals surface area contributed by atoms with Crippen LogP contribution in [0.5, 0.6) is 0 Å². The summed E-state index contributed by atoms with van der Waals surface area (Å²) in [7, 11) is -0.305. The number of carbonyl (C=O) groups excluding carboxylic acids is 3. The van der Waals surface area contributed by atoms with E-state index in [1.165, 1.54) is 24.3 Å². The van der Waals surface area contributed by atoms with Crippen molar-refractivity contribution in [3.05, 3.63) is 110 Å². The second-order valence-corrected chi connectivity index (χ2v) is 15.4. The third kappa shape index (κ3) is 9.07. The van der Waals surface area contributed by atoms with Crippen molar-refractivity contribution in [3.63, 3.8) is 0 Å². The lowest BCUT2D eigenvalue weighted by atomic mass is 9.87. The van der Waals surface area contributed by atoms with Gasteiger partial charge < -0.3 is 20.3 Å². The molecule has 1 saturated heterocycles. The molecule has 4 aromatic rings. The number of ether oxygens (including phenoxy) is 1. The first kappa shape index (κ1) is 39.9. The topological polar surface area (TPSA) is 134 Å². The molecule has 0 aromatic heterocycles. The van der Waals surface area contributed by atoms with E-state index in [4.69, 9.17) is 33.7 Å². The molecular weight excluding hydrogens is 738 g/mol. The summed E-state index contributed by atoms with van der Waals surface area (Å²) in [6, 6.07) is 19.4. The van der Waals surface area contributed by atoms with E-state index in [0.717, 1.165) is 17.0 Å². The number of rotatable bonds is 13. The van der Waals surface area contributed by atoms with Gasteiger partial charge in [0.2, 0.25) is 5.91 Å². The molecule has 1 aliphatic heterocycles. The maximum Gasteiger partial charge on any atom is 0.325 e. The highest BCUT2D eigenvalue weighted by molar-refractivity contribution is 7.84. The Morgan fingerprint density at radius 2 is 1.81 bits per heavy atom. The number of primary amides is 1. The summed E-state index contributed by atoms with van der Waals surface area (Å²) in [5, 5.41) is 12.2. The number of nitrogens with zero attached hydrogens (tertiary/aromatic N) is 3. The minimum atomic E-state index is -1.58. The first-order valence-corrected chi connectivity index (χ1v) is 19.6. The number of piperidine rings is 1. The number of amides is 2. The van der Waals surface area contributed by atoms with Crippen molar-refractivity contribution in [2.24, 2.45) is 5.73 Å². The van der Waals surface area contributed by atoms with Crippen molar-refractivity contribution < 1.29 is 27.7 Å². The number of fused-ring (bicyclic) bond motifs is 1. The SMILES string of the molecule is CCc1c(C#N)cc2ccccc2c1C(=O)N(CC(=O)OC)CC(CCN1CCC(c2cc(C(N)=O)c(S(C)=O)cc2F)CC1)c1ccc(Cl)c(Cl)c1. The number of methoxy groups -OCH3 is 1. The van der Waals surface area contributed by atoms with Crippen LogP contribution in [-0.2, 0) is 26.8 Å². The molecule has 2 atom stereocenters. The molecule has 9 nitrogen and oxygen atoms in total. The van der Waals surface area contributed by atoms with Crippen LogP contribution in [-0.4, -0.2) is 77.9 Å². The standard InChI is InChI=1S/C40H41Cl2FN4O5S/c1-4-29-28(21-44)17-26-7-5-6-8-30(26)38(29)40(50)47(23-37(48)52-2)22-27(25-9-10-33(41)34(42)18-25)13-16-46-14-11-24(12-15-46)31-19-32(39(45)49)36(53(3)51)20-35(31)43/h5-10,17-20,24,27H,4,11-16,22-23H2,1-3H3,(H2,45,49). The summed E-state index contributed by atoms with van der Waals surface area (Å²) in [5.41, 5.74) is 8.22. The first-order valence-electron chi connectivity index (χ1n) is 17.3. The number of esters is 1. The van der Waals surface area contributed by atoms with Crippen LogP contribution >= 0.6 is 23.2 Å². The molecule has 278 valence electrons. The number of likely N-dealkylation sites (tertiary alicyclic amines) is 1. The lowest BCUT2D eigenvalue weighted by Gasteiger charge is -2.34. The molecule has 0 aliphatic carbocycles. The predicted octanol–water partition coefficient (Wildman–Crippen LogP) is 7.22. The Balaban J connectivity index is 1.42. The molecule has 0 radical (unpaired) electrons. The fourth-order valence-corrected chi connectivity index (χ4v) is 8.26. The average Bonchev–Trinajstić information content (AvgIpc) is 3.15. The molecule has 0 spiro atoms. The van der Waals surface area contributed by atoms with Gasteiger partial charge in [0.05, 0.1) is 55.6 Å². The zero-order valence-electron chi connectivity index (χ0n) is 29.8. The molecule has 5 rings (SSSR count). The van der Waals surface area contributed by atoms with E-state index in [1.54, 1.807) is 18.2 Å². The Kier molecular flexibility index (Phi) is 13.3. The minimum absolute atomic E-state index is 0.0681. The normalized spacial score (nSPS) is 14.7. The summed E-state index contributed by atoms with van der Waals surface area (Å²) in [4.78, 5) is 43.4. The monoisotopic (exact) mass is 778 g/mol. The van der Waals surface area contributed by atoms with E-state index in [0.29, 0.717) is 83.0 Å². The number of nitriles is 1. The van der Waals surface area contributed by atoms with Crippen LogP contribution in [0.4, 0.5) is 4.39 Å². The van der Waals surface area contributed by atoms with Crippen LogP contribution < -0.4 is 5.73 Å². The fraction of sp³-hybridized carbons (Fsp3) is 0.350. The van der Waals surface area contributed by atoms with E-state index in [-0.39, 0.29) is 41.3 Å². The van der Waals surface area contributed by atoms with Crippen LogP contribution in [0, 0.1) is 17.1 Å². The van der Waals surface area contributed by atoms with Crippen LogP contribution in [0.3, 0.4) is 0 Å². The highest BCUT2D eigenvalue weighted by Gasteiger charge is 2.30. The zero-order chi connectivity index (χ0) is 38.4. The first-order chi connectivity index (χ1) is 25.4. The van der Waals surface area contributed by atoms with Crippen LogP contribution in [0.15, 0.2) is 65.6 Å². The van der Waals surface area contributed by atoms with Gasteiger partial charge in [-0.05, 0) is 109 Å². The van der Waals surface area contributed by atoms with Crippen molar-refractivity contribution in [1.29, 1.82) is 5.26 Å². The zero-order valence-corrected chi connectivity index (χ0v) is 32.1. The minimum Gasteiger partial charge on any atom is -0.468 e. The van der Waals surface area contributed by atoms with Crippen LogP contribution in [0.25, 0.3) is 10.8 Å². The van der Waals surface area contributed by atoms with Crippen molar-refractivity contribution in [1.82, 2.24) is 9.80 Å². The van der Waals surface area contributed by atoms with Gasteiger partial charge >= 0.3 is 5.97 Å². The molecular formula is C40H41Cl2FN4O5S.